The van der Waals surface area contributed by atoms with E-state index in [1.54, 1.807) is 14.1 Å². The van der Waals surface area contributed by atoms with Crippen LogP contribution >= 0.6 is 0 Å². The minimum absolute atomic E-state index is 0.0661. The third-order valence-corrected chi connectivity index (χ3v) is 6.70. The number of likely N-dealkylation sites (N-methyl/N-ethyl adjacent to an activating group) is 2. The third kappa shape index (κ3) is 5.81. The summed E-state index contributed by atoms with van der Waals surface area (Å²) in [5.41, 5.74) is 10.6. The molecule has 0 saturated heterocycles. The predicted molar refractivity (Wildman–Crippen MR) is 142 cm³/mol. The Morgan fingerprint density at radius 3 is 2.03 bits per heavy atom. The minimum Gasteiger partial charge on any atom is -0.448 e. The summed E-state index contributed by atoms with van der Waals surface area (Å²) >= 11 is 0. The van der Waals surface area contributed by atoms with Gasteiger partial charge in [-0.25, -0.2) is 10.2 Å². The van der Waals surface area contributed by atoms with Crippen molar-refractivity contribution in [2.75, 3.05) is 34.3 Å². The molecule has 1 unspecified atom stereocenters. The number of benzene rings is 3. The van der Waals surface area contributed by atoms with Crippen LogP contribution in [0.1, 0.15) is 22.6 Å². The van der Waals surface area contributed by atoms with Gasteiger partial charge < -0.3 is 14.5 Å². The molecule has 1 aliphatic rings. The van der Waals surface area contributed by atoms with Crippen LogP contribution in [0.15, 0.2) is 78.9 Å². The van der Waals surface area contributed by atoms with Crippen molar-refractivity contribution in [3.63, 3.8) is 0 Å². The van der Waals surface area contributed by atoms with Crippen LogP contribution in [0.25, 0.3) is 11.1 Å². The van der Waals surface area contributed by atoms with Crippen LogP contribution in [-0.2, 0) is 20.7 Å². The average molecular weight is 501 g/mol. The molecule has 0 fully saturated rings. The molecule has 8 nitrogen and oxygen atoms in total. The summed E-state index contributed by atoms with van der Waals surface area (Å²) in [6.45, 7) is -0.0479. The molecule has 0 spiro atoms. The predicted octanol–water partition coefficient (Wildman–Crippen LogP) is 3.19. The summed E-state index contributed by atoms with van der Waals surface area (Å²) in [5.74, 6) is -0.780. The average Bonchev–Trinajstić information content (AvgIpc) is 3.24. The van der Waals surface area contributed by atoms with Gasteiger partial charge in [0.05, 0.1) is 0 Å². The summed E-state index contributed by atoms with van der Waals surface area (Å²) in [4.78, 5) is 41.2. The highest BCUT2D eigenvalue weighted by molar-refractivity contribution is 5.89. The second-order valence-electron chi connectivity index (χ2n) is 9.11. The van der Waals surface area contributed by atoms with Crippen molar-refractivity contribution in [1.82, 2.24) is 20.7 Å². The van der Waals surface area contributed by atoms with Crippen LogP contribution in [0.2, 0.25) is 0 Å². The molecule has 0 radical (unpaired) electrons. The lowest BCUT2D eigenvalue weighted by Gasteiger charge is -2.29. The van der Waals surface area contributed by atoms with Crippen molar-refractivity contribution in [3.8, 4) is 11.1 Å². The highest BCUT2D eigenvalue weighted by Crippen LogP contribution is 2.44. The molecular formula is C29H32N4O4. The van der Waals surface area contributed by atoms with Crippen LogP contribution in [0.4, 0.5) is 4.79 Å². The molecule has 1 aliphatic carbocycles. The lowest BCUT2D eigenvalue weighted by Crippen LogP contribution is -2.53. The molecule has 2 N–H and O–H groups in total. The zero-order valence-corrected chi connectivity index (χ0v) is 21.3. The van der Waals surface area contributed by atoms with Gasteiger partial charge in [-0.2, -0.15) is 0 Å². The molecule has 8 heteroatoms. The van der Waals surface area contributed by atoms with E-state index in [0.717, 1.165) is 27.8 Å². The Bertz CT molecular complexity index is 1220. The van der Waals surface area contributed by atoms with Crippen LogP contribution in [-0.4, -0.2) is 68.0 Å². The summed E-state index contributed by atoms with van der Waals surface area (Å²) < 4.78 is 5.65. The SMILES string of the molecule is CNNC(=O)C(Cc1ccccc1)N(C)C(=O)CN(C)C(=O)OCC1c2ccccc2-c2ccccc21. The quantitative estimate of drug-likeness (QED) is 0.441. The molecule has 3 aromatic carbocycles. The molecule has 3 aromatic rings. The van der Waals surface area contributed by atoms with Crippen molar-refractivity contribution in [1.29, 1.82) is 0 Å². The molecule has 0 saturated carbocycles. The van der Waals surface area contributed by atoms with E-state index in [0.29, 0.717) is 6.42 Å². The van der Waals surface area contributed by atoms with E-state index in [-0.39, 0.29) is 30.9 Å². The van der Waals surface area contributed by atoms with Gasteiger partial charge in [-0.05, 0) is 27.8 Å². The van der Waals surface area contributed by atoms with E-state index in [1.165, 1.54) is 16.8 Å². The van der Waals surface area contributed by atoms with Gasteiger partial charge in [-0.15, -0.1) is 0 Å². The molecule has 37 heavy (non-hydrogen) atoms. The van der Waals surface area contributed by atoms with Crippen LogP contribution in [0, 0.1) is 0 Å². The fourth-order valence-electron chi connectivity index (χ4n) is 4.71. The Balaban J connectivity index is 1.38. The van der Waals surface area contributed by atoms with Gasteiger partial charge in [-0.3, -0.25) is 15.0 Å². The Hall–Kier alpha value is -4.17. The van der Waals surface area contributed by atoms with E-state index in [9.17, 15) is 14.4 Å². The Kier molecular flexibility index (Phi) is 8.20. The lowest BCUT2D eigenvalue weighted by molar-refractivity contribution is -0.139. The second kappa shape index (κ2) is 11.7. The van der Waals surface area contributed by atoms with Gasteiger partial charge in [0.1, 0.15) is 19.2 Å². The first-order valence-electron chi connectivity index (χ1n) is 12.2. The maximum atomic E-state index is 13.1. The van der Waals surface area contributed by atoms with Gasteiger partial charge >= 0.3 is 6.09 Å². The van der Waals surface area contributed by atoms with Crippen LogP contribution < -0.4 is 10.9 Å². The van der Waals surface area contributed by atoms with Crippen molar-refractivity contribution in [3.05, 3.63) is 95.6 Å². The normalized spacial score (nSPS) is 12.7. The van der Waals surface area contributed by atoms with Crippen LogP contribution in [0.5, 0.6) is 0 Å². The first kappa shape index (κ1) is 25.9. The van der Waals surface area contributed by atoms with E-state index in [4.69, 9.17) is 4.74 Å². The number of ether oxygens (including phenoxy) is 1. The monoisotopic (exact) mass is 500 g/mol. The van der Waals surface area contributed by atoms with Crippen LogP contribution in [0.3, 0.4) is 0 Å². The molecule has 0 aliphatic heterocycles. The van der Waals surface area contributed by atoms with Gasteiger partial charge in [0, 0.05) is 33.5 Å². The highest BCUT2D eigenvalue weighted by atomic mass is 16.6. The number of fused-ring (bicyclic) bond motifs is 3. The number of carbonyl (C=O) groups excluding carboxylic acids is 3. The van der Waals surface area contributed by atoms with Gasteiger partial charge in [0.2, 0.25) is 5.91 Å². The molecule has 1 atom stereocenters. The molecule has 0 aromatic heterocycles. The molecule has 0 bridgehead atoms. The number of hydrazine groups is 1. The topological polar surface area (TPSA) is 91.0 Å². The Labute approximate surface area is 217 Å². The molecule has 0 heterocycles. The first-order valence-corrected chi connectivity index (χ1v) is 12.2. The van der Waals surface area contributed by atoms with Gasteiger partial charge in [0.25, 0.3) is 5.91 Å². The first-order chi connectivity index (χ1) is 17.9. The van der Waals surface area contributed by atoms with Crippen molar-refractivity contribution < 1.29 is 19.1 Å². The maximum absolute atomic E-state index is 13.1. The molecule has 4 rings (SSSR count). The number of hydrogen-bond acceptors (Lipinski definition) is 5. The summed E-state index contributed by atoms with van der Waals surface area (Å²) in [5, 5.41) is 0. The molecular weight excluding hydrogens is 468 g/mol. The summed E-state index contributed by atoms with van der Waals surface area (Å²) in [7, 11) is 4.67. The summed E-state index contributed by atoms with van der Waals surface area (Å²) in [6, 6.07) is 24.9. The van der Waals surface area contributed by atoms with Crippen molar-refractivity contribution in [2.24, 2.45) is 0 Å². The minimum atomic E-state index is -0.752. The number of nitrogens with one attached hydrogen (secondary N) is 2. The number of nitrogens with zero attached hydrogens (tertiary/aromatic N) is 2. The standard InChI is InChI=1S/C29H32N4O4/c1-30-31-28(35)26(17-20-11-5-4-6-12-20)33(3)27(34)18-32(2)29(36)37-19-25-23-15-9-7-13-21(23)22-14-8-10-16-24(22)25/h4-16,25-26,30H,17-19H2,1-3H3,(H,31,35). The van der Waals surface area contributed by atoms with E-state index in [1.807, 2.05) is 54.6 Å². The molecule has 3 amide bonds. The number of carbonyl (C=O) groups is 3. The highest BCUT2D eigenvalue weighted by Gasteiger charge is 2.31. The largest absolute Gasteiger partial charge is 0.448 e. The number of rotatable bonds is 9. The number of hydrogen-bond donors (Lipinski definition) is 2. The second-order valence-corrected chi connectivity index (χ2v) is 9.11. The lowest BCUT2D eigenvalue weighted by atomic mass is 9.98. The van der Waals surface area contributed by atoms with Gasteiger partial charge in [0.15, 0.2) is 0 Å². The third-order valence-electron chi connectivity index (χ3n) is 6.70. The summed E-state index contributed by atoms with van der Waals surface area (Å²) in [6.07, 6.45) is -0.256. The zero-order valence-electron chi connectivity index (χ0n) is 21.3. The van der Waals surface area contributed by atoms with E-state index in [2.05, 4.69) is 35.1 Å². The van der Waals surface area contributed by atoms with Gasteiger partial charge in [-0.1, -0.05) is 78.9 Å². The fraction of sp³-hybridized carbons (Fsp3) is 0.276. The van der Waals surface area contributed by atoms with Crippen molar-refractivity contribution in [2.45, 2.75) is 18.4 Å². The zero-order chi connectivity index (χ0) is 26.4. The number of amides is 3. The Morgan fingerprint density at radius 1 is 0.865 bits per heavy atom. The Morgan fingerprint density at radius 2 is 1.43 bits per heavy atom. The van der Waals surface area contributed by atoms with Crippen molar-refractivity contribution >= 4 is 17.9 Å². The smallest absolute Gasteiger partial charge is 0.409 e. The fourth-order valence-corrected chi connectivity index (χ4v) is 4.71. The molecule has 192 valence electrons. The van der Waals surface area contributed by atoms with E-state index < -0.39 is 12.1 Å². The maximum Gasteiger partial charge on any atom is 0.409 e. The van der Waals surface area contributed by atoms with E-state index >= 15 is 0 Å².